The van der Waals surface area contributed by atoms with Crippen molar-refractivity contribution in [1.82, 2.24) is 4.90 Å². The molecule has 2 heterocycles. The van der Waals surface area contributed by atoms with Gasteiger partial charge < -0.3 is 23.5 Å². The molecule has 7 heteroatoms. The number of methoxy groups -OCH3 is 2. The molecule has 0 aliphatic carbocycles. The van der Waals surface area contributed by atoms with Crippen molar-refractivity contribution in [2.45, 2.75) is 19.4 Å². The van der Waals surface area contributed by atoms with Gasteiger partial charge >= 0.3 is 5.63 Å². The van der Waals surface area contributed by atoms with Crippen LogP contribution in [0, 0.1) is 6.92 Å². The second-order valence-corrected chi connectivity index (χ2v) is 9.95. The normalized spacial score (nSPS) is 14.7. The van der Waals surface area contributed by atoms with Gasteiger partial charge in [0, 0.05) is 29.6 Å². The molecule has 0 fully saturated rings. The predicted octanol–water partition coefficient (Wildman–Crippen LogP) is 6.09. The highest BCUT2D eigenvalue weighted by atomic mass is 16.5. The maximum Gasteiger partial charge on any atom is 0.336 e. The molecule has 1 unspecified atom stereocenters. The van der Waals surface area contributed by atoms with Crippen molar-refractivity contribution in [3.05, 3.63) is 112 Å². The number of hydrogen-bond donors (Lipinski definition) is 0. The van der Waals surface area contributed by atoms with Crippen LogP contribution >= 0.6 is 0 Å². The van der Waals surface area contributed by atoms with Gasteiger partial charge in [0.05, 0.1) is 20.3 Å². The molecule has 0 bridgehead atoms. The second kappa shape index (κ2) is 10.4. The highest BCUT2D eigenvalue weighted by Gasteiger charge is 2.33. The quantitative estimate of drug-likeness (QED) is 0.245. The summed E-state index contributed by atoms with van der Waals surface area (Å²) in [7, 11) is 3.21. The Labute approximate surface area is 231 Å². The Hall–Kier alpha value is -4.78. The highest BCUT2D eigenvalue weighted by Crippen LogP contribution is 2.39. The molecule has 0 saturated heterocycles. The number of carbonyl (C=O) groups excluding carboxylic acids is 1. The first kappa shape index (κ1) is 25.5. The van der Waals surface area contributed by atoms with Gasteiger partial charge in [-0.05, 0) is 77.2 Å². The van der Waals surface area contributed by atoms with Gasteiger partial charge in [0.15, 0.2) is 11.5 Å². The fourth-order valence-corrected chi connectivity index (χ4v) is 5.51. The molecule has 1 aromatic heterocycles. The summed E-state index contributed by atoms with van der Waals surface area (Å²) < 4.78 is 22.8. The van der Waals surface area contributed by atoms with E-state index in [0.717, 1.165) is 32.8 Å². The molecule has 5 aromatic rings. The maximum atomic E-state index is 14.0. The van der Waals surface area contributed by atoms with Gasteiger partial charge in [-0.15, -0.1) is 0 Å². The van der Waals surface area contributed by atoms with E-state index in [1.54, 1.807) is 20.3 Å². The summed E-state index contributed by atoms with van der Waals surface area (Å²) in [5.41, 5.74) is 3.54. The van der Waals surface area contributed by atoms with E-state index in [1.807, 2.05) is 78.6 Å². The first-order valence-electron chi connectivity index (χ1n) is 13.2. The SMILES string of the molecule is COc1cc2c(cc1OC)C(COc1ccc3c(C)cc(=O)oc3c1)N(C(=O)c1ccc3ccccc3c1)CC2. The highest BCUT2D eigenvalue weighted by molar-refractivity contribution is 5.99. The minimum absolute atomic E-state index is 0.0695. The Morgan fingerprint density at radius 3 is 2.50 bits per heavy atom. The number of amides is 1. The summed E-state index contributed by atoms with van der Waals surface area (Å²) >= 11 is 0. The van der Waals surface area contributed by atoms with Crippen molar-refractivity contribution >= 4 is 27.6 Å². The smallest absolute Gasteiger partial charge is 0.336 e. The first-order chi connectivity index (χ1) is 19.4. The van der Waals surface area contributed by atoms with E-state index in [1.165, 1.54) is 6.07 Å². The lowest BCUT2D eigenvalue weighted by molar-refractivity contribution is 0.0589. The maximum absolute atomic E-state index is 14.0. The summed E-state index contributed by atoms with van der Waals surface area (Å²) in [6.07, 6.45) is 0.673. The number of fused-ring (bicyclic) bond motifs is 3. The molecular weight excluding hydrogens is 506 g/mol. The summed E-state index contributed by atoms with van der Waals surface area (Å²) in [5.74, 6) is 1.72. The van der Waals surface area contributed by atoms with Crippen molar-refractivity contribution in [2.75, 3.05) is 27.4 Å². The number of rotatable bonds is 6. The second-order valence-electron chi connectivity index (χ2n) is 9.95. The topological polar surface area (TPSA) is 78.2 Å². The average Bonchev–Trinajstić information content (AvgIpc) is 2.98. The van der Waals surface area contributed by atoms with Gasteiger partial charge in [0.2, 0.25) is 0 Å². The van der Waals surface area contributed by atoms with Crippen molar-refractivity contribution in [2.24, 2.45) is 0 Å². The first-order valence-corrected chi connectivity index (χ1v) is 13.2. The van der Waals surface area contributed by atoms with Gasteiger partial charge in [-0.25, -0.2) is 4.79 Å². The minimum atomic E-state index is -0.406. The zero-order valence-corrected chi connectivity index (χ0v) is 22.6. The molecule has 40 heavy (non-hydrogen) atoms. The standard InChI is InChI=1S/C33H29NO6/c1-20-14-32(35)40-29-17-25(10-11-26(20)29)39-19-28-27-18-31(38-3)30(37-2)16-23(27)12-13-34(28)33(36)24-9-8-21-6-4-5-7-22(21)15-24/h4-11,14-18,28H,12-13,19H2,1-3H3. The van der Waals surface area contributed by atoms with Gasteiger partial charge in [0.1, 0.15) is 17.9 Å². The largest absolute Gasteiger partial charge is 0.493 e. The van der Waals surface area contributed by atoms with E-state index in [9.17, 15) is 9.59 Å². The van der Waals surface area contributed by atoms with Crippen molar-refractivity contribution in [1.29, 1.82) is 0 Å². The van der Waals surface area contributed by atoms with Crippen LogP contribution in [-0.4, -0.2) is 38.2 Å². The third kappa shape index (κ3) is 4.64. The zero-order valence-electron chi connectivity index (χ0n) is 22.6. The number of benzene rings is 4. The van der Waals surface area contributed by atoms with E-state index >= 15 is 0 Å². The number of hydrogen-bond acceptors (Lipinski definition) is 6. The van der Waals surface area contributed by atoms with Crippen molar-refractivity contribution in [3.63, 3.8) is 0 Å². The lowest BCUT2D eigenvalue weighted by Crippen LogP contribution is -2.42. The third-order valence-corrected chi connectivity index (χ3v) is 7.59. The molecule has 7 nitrogen and oxygen atoms in total. The van der Waals surface area contributed by atoms with Crippen molar-refractivity contribution in [3.8, 4) is 17.2 Å². The summed E-state index contributed by atoms with van der Waals surface area (Å²) in [6, 6.07) is 24.2. The molecule has 202 valence electrons. The summed E-state index contributed by atoms with van der Waals surface area (Å²) in [4.78, 5) is 27.8. The van der Waals surface area contributed by atoms with Crippen LogP contribution in [0.25, 0.3) is 21.7 Å². The molecule has 0 saturated carbocycles. The van der Waals surface area contributed by atoms with Crippen LogP contribution < -0.4 is 19.8 Å². The van der Waals surface area contributed by atoms with E-state index in [-0.39, 0.29) is 18.6 Å². The summed E-state index contributed by atoms with van der Waals surface area (Å²) in [6.45, 7) is 2.59. The average molecular weight is 536 g/mol. The van der Waals surface area contributed by atoms with Crippen LogP contribution in [0.1, 0.15) is 33.1 Å². The fourth-order valence-electron chi connectivity index (χ4n) is 5.51. The van der Waals surface area contributed by atoms with Crippen LogP contribution in [0.4, 0.5) is 0 Å². The van der Waals surface area contributed by atoms with Gasteiger partial charge in [-0.2, -0.15) is 0 Å². The van der Waals surface area contributed by atoms with Gasteiger partial charge in [-0.3, -0.25) is 4.79 Å². The van der Waals surface area contributed by atoms with Crippen LogP contribution in [0.2, 0.25) is 0 Å². The Bertz CT molecular complexity index is 1810. The molecule has 0 radical (unpaired) electrons. The predicted molar refractivity (Wildman–Crippen MR) is 154 cm³/mol. The molecule has 4 aromatic carbocycles. The molecule has 1 aliphatic rings. The fraction of sp³-hybridized carbons (Fsp3) is 0.212. The van der Waals surface area contributed by atoms with E-state index in [4.69, 9.17) is 18.6 Å². The van der Waals surface area contributed by atoms with Crippen molar-refractivity contribution < 1.29 is 23.4 Å². The molecule has 1 aliphatic heterocycles. The zero-order chi connectivity index (χ0) is 27.8. The number of aryl methyl sites for hydroxylation is 1. The van der Waals surface area contributed by atoms with E-state index in [2.05, 4.69) is 0 Å². The van der Waals surface area contributed by atoms with Gasteiger partial charge in [-0.1, -0.05) is 30.3 Å². The monoisotopic (exact) mass is 535 g/mol. The Balaban J connectivity index is 1.37. The molecular formula is C33H29NO6. The molecule has 1 atom stereocenters. The minimum Gasteiger partial charge on any atom is -0.493 e. The Morgan fingerprint density at radius 1 is 0.925 bits per heavy atom. The number of carbonyl (C=O) groups is 1. The lowest BCUT2D eigenvalue weighted by atomic mass is 9.91. The van der Waals surface area contributed by atoms with Crippen LogP contribution in [0.5, 0.6) is 17.2 Å². The molecule has 0 N–H and O–H groups in total. The Morgan fingerprint density at radius 2 is 1.70 bits per heavy atom. The lowest BCUT2D eigenvalue weighted by Gasteiger charge is -2.37. The Kier molecular flexibility index (Phi) is 6.64. The summed E-state index contributed by atoms with van der Waals surface area (Å²) in [5, 5.41) is 2.94. The molecule has 1 amide bonds. The number of nitrogens with zero attached hydrogens (tertiary/aromatic N) is 1. The molecule has 0 spiro atoms. The van der Waals surface area contributed by atoms with Crippen LogP contribution in [-0.2, 0) is 6.42 Å². The molecule has 6 rings (SSSR count). The van der Waals surface area contributed by atoms with Crippen LogP contribution in [0.3, 0.4) is 0 Å². The third-order valence-electron chi connectivity index (χ3n) is 7.59. The van der Waals surface area contributed by atoms with E-state index in [0.29, 0.717) is 41.4 Å². The van der Waals surface area contributed by atoms with Gasteiger partial charge in [0.25, 0.3) is 5.91 Å². The van der Waals surface area contributed by atoms with E-state index < -0.39 is 5.63 Å². The number of ether oxygens (including phenoxy) is 3. The van der Waals surface area contributed by atoms with Crippen LogP contribution in [0.15, 0.2) is 88.1 Å².